The molecule has 0 spiro atoms. The van der Waals surface area contributed by atoms with E-state index < -0.39 is 5.38 Å². The molecule has 6 heteroatoms. The van der Waals surface area contributed by atoms with E-state index in [1.807, 2.05) is 12.1 Å². The van der Waals surface area contributed by atoms with Crippen molar-refractivity contribution >= 4 is 81.1 Å². The van der Waals surface area contributed by atoms with Gasteiger partial charge in [-0.2, -0.15) is 0 Å². The summed E-state index contributed by atoms with van der Waals surface area (Å²) in [5.74, 6) is 0.206. The fraction of sp³-hybridized carbons (Fsp3) is 0.0833. The van der Waals surface area contributed by atoms with Crippen LogP contribution in [0.3, 0.4) is 0 Å². The summed E-state index contributed by atoms with van der Waals surface area (Å²) in [5, 5.41) is 8.65. The first-order chi connectivity index (χ1) is 8.02. The van der Waals surface area contributed by atoms with E-state index in [9.17, 15) is 4.79 Å². The third kappa shape index (κ3) is 6.08. The van der Waals surface area contributed by atoms with Crippen molar-refractivity contribution in [1.82, 2.24) is 0 Å². The monoisotopic (exact) mass is 405 g/mol. The van der Waals surface area contributed by atoms with Crippen LogP contribution < -0.4 is 0 Å². The van der Waals surface area contributed by atoms with Crippen molar-refractivity contribution in [3.63, 3.8) is 0 Å². The van der Waals surface area contributed by atoms with Gasteiger partial charge >= 0.3 is 0 Å². The number of allylic oxidation sites excluding steroid dienone is 4. The SMILES string of the molecule is O=C1C=CC=C(Cl)C1Cl.Oc1ccccc1I.[Na]. The van der Waals surface area contributed by atoms with Gasteiger partial charge in [-0.1, -0.05) is 29.8 Å². The molecule has 0 aromatic heterocycles. The minimum atomic E-state index is -0.656. The summed E-state index contributed by atoms with van der Waals surface area (Å²) in [6, 6.07) is 7.22. The van der Waals surface area contributed by atoms with Gasteiger partial charge in [-0.15, -0.1) is 11.6 Å². The zero-order valence-corrected chi connectivity index (χ0v) is 15.3. The number of halogens is 3. The largest absolute Gasteiger partial charge is 0.507 e. The minimum absolute atomic E-state index is 0. The number of benzene rings is 1. The van der Waals surface area contributed by atoms with E-state index in [0.717, 1.165) is 3.57 Å². The Hall–Kier alpha value is 0.480. The van der Waals surface area contributed by atoms with Gasteiger partial charge in [0.1, 0.15) is 11.1 Å². The maximum Gasteiger partial charge on any atom is 0.178 e. The molecule has 1 aromatic rings. The van der Waals surface area contributed by atoms with Gasteiger partial charge in [-0.05, 0) is 46.9 Å². The fourth-order valence-corrected chi connectivity index (χ4v) is 1.70. The summed E-state index contributed by atoms with van der Waals surface area (Å²) < 4.78 is 0.894. The van der Waals surface area contributed by atoms with E-state index in [1.54, 1.807) is 24.3 Å². The van der Waals surface area contributed by atoms with Crippen LogP contribution in [0.15, 0.2) is 47.5 Å². The van der Waals surface area contributed by atoms with Crippen LogP contribution >= 0.6 is 45.8 Å². The summed E-state index contributed by atoms with van der Waals surface area (Å²) in [6.45, 7) is 0. The molecule has 1 aliphatic carbocycles. The molecule has 1 radical (unpaired) electrons. The number of hydrogen-bond donors (Lipinski definition) is 1. The molecule has 0 amide bonds. The molecule has 1 unspecified atom stereocenters. The first-order valence-corrected chi connectivity index (χ1v) is 6.57. The van der Waals surface area contributed by atoms with Gasteiger partial charge in [-0.3, -0.25) is 4.79 Å². The van der Waals surface area contributed by atoms with Crippen molar-refractivity contribution in [2.24, 2.45) is 0 Å². The topological polar surface area (TPSA) is 37.3 Å². The number of hydrogen-bond acceptors (Lipinski definition) is 2. The number of phenols is 1. The number of ketones is 1. The van der Waals surface area contributed by atoms with Crippen molar-refractivity contribution in [2.75, 3.05) is 0 Å². The zero-order chi connectivity index (χ0) is 12.8. The van der Waals surface area contributed by atoms with Crippen molar-refractivity contribution in [1.29, 1.82) is 0 Å². The second-order valence-corrected chi connectivity index (χ2v) is 5.16. The Labute approximate surface area is 151 Å². The molecule has 0 saturated heterocycles. The average Bonchev–Trinajstić information content (AvgIpc) is 2.31. The van der Waals surface area contributed by atoms with Gasteiger partial charge in [0, 0.05) is 34.6 Å². The van der Waals surface area contributed by atoms with Gasteiger partial charge in [0.2, 0.25) is 0 Å². The third-order valence-corrected chi connectivity index (χ3v) is 3.68. The molecule has 2 nitrogen and oxygen atoms in total. The van der Waals surface area contributed by atoms with Crippen LogP contribution in [0.25, 0.3) is 0 Å². The van der Waals surface area contributed by atoms with Crippen molar-refractivity contribution < 1.29 is 9.90 Å². The zero-order valence-electron chi connectivity index (χ0n) is 9.61. The molecule has 1 aliphatic rings. The van der Waals surface area contributed by atoms with E-state index in [2.05, 4.69) is 22.6 Å². The first-order valence-electron chi connectivity index (χ1n) is 4.67. The van der Waals surface area contributed by atoms with E-state index >= 15 is 0 Å². The molecular formula is C12H9Cl2INaO2. The number of carbonyl (C=O) groups is 1. The molecule has 0 heterocycles. The van der Waals surface area contributed by atoms with Gasteiger partial charge in [-0.25, -0.2) is 0 Å². The molecule has 1 aromatic carbocycles. The minimum Gasteiger partial charge on any atom is -0.507 e. The molecule has 2 rings (SSSR count). The van der Waals surface area contributed by atoms with Crippen LogP contribution in [-0.2, 0) is 4.79 Å². The van der Waals surface area contributed by atoms with Gasteiger partial charge in [0.15, 0.2) is 5.78 Å². The maximum atomic E-state index is 10.7. The van der Waals surface area contributed by atoms with E-state index in [-0.39, 0.29) is 35.3 Å². The molecule has 1 atom stereocenters. The number of para-hydroxylation sites is 1. The van der Waals surface area contributed by atoms with Gasteiger partial charge in [0.05, 0.1) is 3.57 Å². The molecule has 0 aliphatic heterocycles. The van der Waals surface area contributed by atoms with Crippen LogP contribution in [0.2, 0.25) is 0 Å². The van der Waals surface area contributed by atoms with Gasteiger partial charge in [0.25, 0.3) is 0 Å². The molecule has 0 fully saturated rings. The normalized spacial score (nSPS) is 17.2. The molecule has 1 N–H and O–H groups in total. The maximum absolute atomic E-state index is 10.7. The number of alkyl halides is 1. The van der Waals surface area contributed by atoms with Crippen LogP contribution in [-0.4, -0.2) is 45.8 Å². The third-order valence-electron chi connectivity index (χ3n) is 1.86. The van der Waals surface area contributed by atoms with E-state index in [1.165, 1.54) is 6.08 Å². The summed E-state index contributed by atoms with van der Waals surface area (Å²) in [4.78, 5) is 10.7. The predicted molar refractivity (Wildman–Crippen MR) is 84.3 cm³/mol. The van der Waals surface area contributed by atoms with Crippen LogP contribution in [0.1, 0.15) is 0 Å². The summed E-state index contributed by atoms with van der Waals surface area (Å²) in [5.41, 5.74) is 0. The van der Waals surface area contributed by atoms with Gasteiger partial charge < -0.3 is 5.11 Å². The van der Waals surface area contributed by atoms with Crippen molar-refractivity contribution in [2.45, 2.75) is 5.38 Å². The first kappa shape index (κ1) is 18.5. The molecule has 91 valence electrons. The second kappa shape index (κ2) is 9.39. The van der Waals surface area contributed by atoms with Crippen molar-refractivity contribution in [3.05, 3.63) is 51.1 Å². The number of carbonyl (C=O) groups excluding carboxylic acids is 1. The van der Waals surface area contributed by atoms with E-state index in [0.29, 0.717) is 10.8 Å². The fourth-order valence-electron chi connectivity index (χ4n) is 0.991. The Kier molecular flexibility index (Phi) is 9.64. The smallest absolute Gasteiger partial charge is 0.178 e. The Morgan fingerprint density at radius 3 is 2.28 bits per heavy atom. The summed E-state index contributed by atoms with van der Waals surface area (Å²) >= 11 is 13.1. The molecule has 0 saturated carbocycles. The Morgan fingerprint density at radius 2 is 1.89 bits per heavy atom. The standard InChI is InChI=1S/C6H4Cl2O.C6H5IO.Na/c7-4-2-1-3-5(9)6(4)8;7-5-3-1-2-4-6(5)8;/h1-3,6H;1-4,8H;. The predicted octanol–water partition coefficient (Wildman–Crippen LogP) is 3.47. The number of phenolic OH excluding ortho intramolecular Hbond substituents is 1. The Balaban J connectivity index is 0.000000306. The van der Waals surface area contributed by atoms with Crippen molar-refractivity contribution in [3.8, 4) is 5.75 Å². The summed E-state index contributed by atoms with van der Waals surface area (Å²) in [6.07, 6.45) is 4.60. The second-order valence-electron chi connectivity index (χ2n) is 3.13. The molecule has 0 bridgehead atoms. The summed E-state index contributed by atoms with van der Waals surface area (Å²) in [7, 11) is 0. The van der Waals surface area contributed by atoms with Crippen LogP contribution in [0, 0.1) is 3.57 Å². The quantitative estimate of drug-likeness (QED) is 0.407. The number of aromatic hydroxyl groups is 1. The van der Waals surface area contributed by atoms with Crippen LogP contribution in [0.5, 0.6) is 5.75 Å². The Morgan fingerprint density at radius 1 is 1.28 bits per heavy atom. The van der Waals surface area contributed by atoms with E-state index in [4.69, 9.17) is 28.3 Å². The average molecular weight is 406 g/mol. The molecule has 18 heavy (non-hydrogen) atoms. The Bertz CT molecular complexity index is 454. The molecular weight excluding hydrogens is 397 g/mol. The number of rotatable bonds is 0. The van der Waals surface area contributed by atoms with Crippen LogP contribution in [0.4, 0.5) is 0 Å².